The van der Waals surface area contributed by atoms with E-state index in [0.717, 1.165) is 22.4 Å². The fourth-order valence-electron chi connectivity index (χ4n) is 1.65. The Bertz CT molecular complexity index is 487. The van der Waals surface area contributed by atoms with E-state index in [9.17, 15) is 0 Å². The average Bonchev–Trinajstić information content (AvgIpc) is 2.92. The third-order valence-corrected chi connectivity index (χ3v) is 4.93. The van der Waals surface area contributed by atoms with Crippen molar-refractivity contribution in [1.82, 2.24) is 20.2 Å². The lowest BCUT2D eigenvalue weighted by Crippen LogP contribution is -1.87. The van der Waals surface area contributed by atoms with E-state index in [-0.39, 0.29) is 0 Å². The Labute approximate surface area is 115 Å². The highest BCUT2D eigenvalue weighted by molar-refractivity contribution is 7.98. The highest BCUT2D eigenvalue weighted by Crippen LogP contribution is 2.38. The molecule has 18 heavy (non-hydrogen) atoms. The van der Waals surface area contributed by atoms with Crippen LogP contribution in [-0.2, 0) is 5.75 Å². The maximum absolute atomic E-state index is 4.61. The van der Waals surface area contributed by atoms with Crippen LogP contribution in [0.1, 0.15) is 55.1 Å². The van der Waals surface area contributed by atoms with Gasteiger partial charge in [-0.2, -0.15) is 0 Å². The van der Waals surface area contributed by atoms with Gasteiger partial charge in [-0.05, 0) is 12.8 Å². The minimum absolute atomic E-state index is 0.513. The number of thiazole rings is 1. The molecule has 4 nitrogen and oxygen atoms in total. The van der Waals surface area contributed by atoms with Gasteiger partial charge in [-0.15, -0.1) is 16.4 Å². The normalized spacial score (nSPS) is 15.5. The Kier molecular flexibility index (Phi) is 3.39. The Hall–Kier alpha value is -0.880. The second-order valence-electron chi connectivity index (χ2n) is 4.90. The number of nitrogens with zero attached hydrogens (tertiary/aromatic N) is 3. The number of rotatable bonds is 5. The topological polar surface area (TPSA) is 54.5 Å². The van der Waals surface area contributed by atoms with Gasteiger partial charge in [-0.3, -0.25) is 5.10 Å². The van der Waals surface area contributed by atoms with Crippen molar-refractivity contribution in [3.63, 3.8) is 0 Å². The van der Waals surface area contributed by atoms with Gasteiger partial charge in [0, 0.05) is 23.0 Å². The predicted octanol–water partition coefficient (Wildman–Crippen LogP) is 3.55. The maximum Gasteiger partial charge on any atom is 0.208 e. The van der Waals surface area contributed by atoms with Gasteiger partial charge < -0.3 is 0 Å². The number of aromatic amines is 1. The molecule has 1 aliphatic rings. The molecule has 1 aliphatic carbocycles. The molecule has 0 unspecified atom stereocenters. The Morgan fingerprint density at radius 2 is 2.28 bits per heavy atom. The number of hydrogen-bond donors (Lipinski definition) is 1. The molecule has 1 fully saturated rings. The Balaban J connectivity index is 1.58. The van der Waals surface area contributed by atoms with Crippen molar-refractivity contribution in [2.75, 3.05) is 0 Å². The van der Waals surface area contributed by atoms with Crippen molar-refractivity contribution in [1.29, 1.82) is 0 Å². The van der Waals surface area contributed by atoms with Gasteiger partial charge in [0.15, 0.2) is 0 Å². The zero-order chi connectivity index (χ0) is 12.5. The lowest BCUT2D eigenvalue weighted by atomic mass is 10.2. The number of nitrogens with one attached hydrogen (secondary N) is 1. The van der Waals surface area contributed by atoms with Crippen LogP contribution in [0.5, 0.6) is 0 Å². The zero-order valence-electron chi connectivity index (χ0n) is 10.5. The van der Waals surface area contributed by atoms with Gasteiger partial charge in [0.05, 0.1) is 10.7 Å². The summed E-state index contributed by atoms with van der Waals surface area (Å²) >= 11 is 3.40. The summed E-state index contributed by atoms with van der Waals surface area (Å²) in [6.07, 6.45) is 2.51. The van der Waals surface area contributed by atoms with Crippen molar-refractivity contribution in [3.05, 3.63) is 21.9 Å². The lowest BCUT2D eigenvalue weighted by molar-refractivity contribution is 0.846. The van der Waals surface area contributed by atoms with Gasteiger partial charge in [0.2, 0.25) is 5.16 Å². The summed E-state index contributed by atoms with van der Waals surface area (Å²) < 4.78 is 0. The highest BCUT2D eigenvalue weighted by atomic mass is 32.2. The molecule has 3 rings (SSSR count). The summed E-state index contributed by atoms with van der Waals surface area (Å²) in [5.41, 5.74) is 1.13. The number of aromatic nitrogens is 4. The molecule has 6 heteroatoms. The number of H-pyrrole nitrogens is 1. The van der Waals surface area contributed by atoms with Crippen molar-refractivity contribution >= 4 is 23.1 Å². The van der Waals surface area contributed by atoms with Crippen LogP contribution in [0.2, 0.25) is 0 Å². The van der Waals surface area contributed by atoms with Crippen LogP contribution in [0, 0.1) is 0 Å². The summed E-state index contributed by atoms with van der Waals surface area (Å²) in [7, 11) is 0. The molecule has 0 spiro atoms. The van der Waals surface area contributed by atoms with Crippen LogP contribution in [-0.4, -0.2) is 20.2 Å². The molecule has 0 aliphatic heterocycles. The summed E-state index contributed by atoms with van der Waals surface area (Å²) in [6.45, 7) is 4.35. The van der Waals surface area contributed by atoms with Crippen LogP contribution in [0.4, 0.5) is 0 Å². The molecule has 0 amide bonds. The maximum atomic E-state index is 4.61. The first-order valence-electron chi connectivity index (χ1n) is 6.22. The summed E-state index contributed by atoms with van der Waals surface area (Å²) in [4.78, 5) is 9.11. The highest BCUT2D eigenvalue weighted by Gasteiger charge is 2.27. The quantitative estimate of drug-likeness (QED) is 0.851. The molecule has 0 aromatic carbocycles. The van der Waals surface area contributed by atoms with E-state index in [2.05, 4.69) is 39.4 Å². The third kappa shape index (κ3) is 2.75. The first-order chi connectivity index (χ1) is 8.72. The van der Waals surface area contributed by atoms with Crippen LogP contribution < -0.4 is 0 Å². The van der Waals surface area contributed by atoms with E-state index < -0.39 is 0 Å². The molecule has 1 saturated carbocycles. The van der Waals surface area contributed by atoms with Crippen molar-refractivity contribution < 1.29 is 0 Å². The van der Waals surface area contributed by atoms with Gasteiger partial charge >= 0.3 is 0 Å². The third-order valence-electron chi connectivity index (χ3n) is 2.86. The van der Waals surface area contributed by atoms with E-state index in [1.165, 1.54) is 17.8 Å². The van der Waals surface area contributed by atoms with Crippen LogP contribution >= 0.6 is 23.1 Å². The second-order valence-corrected chi connectivity index (χ2v) is 6.73. The first kappa shape index (κ1) is 12.2. The summed E-state index contributed by atoms with van der Waals surface area (Å²) in [5, 5.41) is 11.5. The number of hydrogen-bond acceptors (Lipinski definition) is 5. The number of thioether (sulfide) groups is 1. The molecule has 1 N–H and O–H groups in total. The Morgan fingerprint density at radius 1 is 1.44 bits per heavy atom. The molecule has 0 atom stereocenters. The minimum Gasteiger partial charge on any atom is -0.262 e. The Morgan fingerprint density at radius 3 is 2.94 bits per heavy atom. The van der Waals surface area contributed by atoms with Crippen molar-refractivity contribution in [2.45, 2.75) is 49.4 Å². The monoisotopic (exact) mass is 280 g/mol. The van der Waals surface area contributed by atoms with Crippen LogP contribution in [0.25, 0.3) is 0 Å². The minimum atomic E-state index is 0.513. The molecule has 0 saturated heterocycles. The van der Waals surface area contributed by atoms with E-state index >= 15 is 0 Å². The summed E-state index contributed by atoms with van der Waals surface area (Å²) in [6, 6.07) is 0. The molecule has 0 bridgehead atoms. The van der Waals surface area contributed by atoms with Gasteiger partial charge in [-0.25, -0.2) is 9.97 Å². The predicted molar refractivity (Wildman–Crippen MR) is 74.1 cm³/mol. The van der Waals surface area contributed by atoms with Gasteiger partial charge in [0.1, 0.15) is 5.82 Å². The largest absolute Gasteiger partial charge is 0.262 e. The molecule has 2 heterocycles. The van der Waals surface area contributed by atoms with Gasteiger partial charge in [-0.1, -0.05) is 25.6 Å². The lowest BCUT2D eigenvalue weighted by Gasteiger charge is -1.96. The van der Waals surface area contributed by atoms with E-state index in [1.807, 2.05) is 0 Å². The summed E-state index contributed by atoms with van der Waals surface area (Å²) in [5.74, 6) is 3.06. The smallest absolute Gasteiger partial charge is 0.208 e. The van der Waals surface area contributed by atoms with Crippen molar-refractivity contribution in [3.8, 4) is 0 Å². The second kappa shape index (κ2) is 5.01. The fraction of sp³-hybridized carbons (Fsp3) is 0.583. The standard InChI is InChI=1S/C12H16N4S2/c1-7(2)11-13-9(5-17-11)6-18-12-14-10(15-16-12)8-3-4-8/h5,7-8H,3-4,6H2,1-2H3,(H,14,15,16). The van der Waals surface area contributed by atoms with Crippen molar-refractivity contribution in [2.24, 2.45) is 0 Å². The van der Waals surface area contributed by atoms with E-state index in [4.69, 9.17) is 0 Å². The fourth-order valence-corrected chi connectivity index (χ4v) is 3.29. The van der Waals surface area contributed by atoms with Gasteiger partial charge in [0.25, 0.3) is 0 Å². The molecule has 2 aromatic rings. The zero-order valence-corrected chi connectivity index (χ0v) is 12.1. The van der Waals surface area contributed by atoms with Crippen LogP contribution in [0.3, 0.4) is 0 Å². The molecule has 2 aromatic heterocycles. The van der Waals surface area contributed by atoms with E-state index in [1.54, 1.807) is 23.1 Å². The average molecular weight is 280 g/mol. The first-order valence-corrected chi connectivity index (χ1v) is 8.08. The molecule has 0 radical (unpaired) electrons. The molecule has 96 valence electrons. The van der Waals surface area contributed by atoms with Crippen LogP contribution in [0.15, 0.2) is 10.5 Å². The SMILES string of the molecule is CC(C)c1nc(CSc2n[nH]c(C3CC3)n2)cs1. The van der Waals surface area contributed by atoms with E-state index in [0.29, 0.717) is 11.8 Å². The molecular weight excluding hydrogens is 264 g/mol. The molecular formula is C12H16N4S2.